The number of rotatable bonds is 3. The summed E-state index contributed by atoms with van der Waals surface area (Å²) in [5.74, 6) is -3.27. The molecule has 1 heterocycles. The second-order valence-electron chi connectivity index (χ2n) is 11.6. The Bertz CT molecular complexity index is 1070. The van der Waals surface area contributed by atoms with E-state index in [9.17, 15) is 19.5 Å². The molecule has 0 aromatic carbocycles. The molecule has 0 spiro atoms. The Balaban J connectivity index is 1.62. The highest BCUT2D eigenvalue weighted by molar-refractivity contribution is 6.26. The van der Waals surface area contributed by atoms with Crippen molar-refractivity contribution in [2.75, 3.05) is 6.61 Å². The fourth-order valence-electron chi connectivity index (χ4n) is 8.08. The molecule has 9 heteroatoms. The number of aliphatic hydroxyl groups excluding tert-OH is 1. The van der Waals surface area contributed by atoms with Crippen molar-refractivity contribution >= 4 is 29.1 Å². The fraction of sp³-hybridized carbons (Fsp3) is 0.731. The van der Waals surface area contributed by atoms with E-state index in [-0.39, 0.29) is 30.1 Å². The van der Waals surface area contributed by atoms with Crippen LogP contribution in [0.4, 0.5) is 4.39 Å². The van der Waals surface area contributed by atoms with E-state index >= 15 is 4.39 Å². The van der Waals surface area contributed by atoms with Crippen molar-refractivity contribution in [2.45, 2.75) is 88.5 Å². The van der Waals surface area contributed by atoms with Gasteiger partial charge in [0, 0.05) is 17.8 Å². The van der Waals surface area contributed by atoms with Gasteiger partial charge in [-0.25, -0.2) is 4.39 Å². The lowest BCUT2D eigenvalue weighted by Gasteiger charge is -2.64. The van der Waals surface area contributed by atoms with E-state index in [1.165, 1.54) is 19.1 Å². The Morgan fingerprint density at radius 2 is 1.91 bits per heavy atom. The summed E-state index contributed by atoms with van der Waals surface area (Å²) in [5.41, 5.74) is -3.25. The van der Waals surface area contributed by atoms with Crippen LogP contribution in [0, 0.1) is 22.7 Å². The SMILES string of the molecule is CC(=O)OCC(=O)[C@@]12OC(C)(C)O[C@@H]1C[C@H]1[C@@H]3C[C@H](F)C4=CC(=O)C=C[C@]4(C)[C@@]3(Cl)[C@@H](O)C[C@@]12C. The van der Waals surface area contributed by atoms with Crippen LogP contribution < -0.4 is 0 Å². The minimum absolute atomic E-state index is 0.00763. The summed E-state index contributed by atoms with van der Waals surface area (Å²) in [5, 5.41) is 11.7. The summed E-state index contributed by atoms with van der Waals surface area (Å²) in [6.07, 6.45) is 1.55. The molecule has 9 atom stereocenters. The Kier molecular flexibility index (Phi) is 5.34. The van der Waals surface area contributed by atoms with Crippen molar-refractivity contribution in [3.63, 3.8) is 0 Å². The Hall–Kier alpha value is -1.61. The quantitative estimate of drug-likeness (QED) is 0.459. The molecular weight excluding hydrogens is 479 g/mol. The number of ether oxygens (including phenoxy) is 3. The number of hydrogen-bond acceptors (Lipinski definition) is 7. The number of halogens is 2. The van der Waals surface area contributed by atoms with E-state index in [1.54, 1.807) is 26.8 Å². The molecule has 0 aromatic rings. The van der Waals surface area contributed by atoms with Crippen LogP contribution in [0.15, 0.2) is 23.8 Å². The molecule has 0 unspecified atom stereocenters. The Morgan fingerprint density at radius 1 is 1.23 bits per heavy atom. The number of carbonyl (C=O) groups is 3. The van der Waals surface area contributed by atoms with Crippen LogP contribution in [0.1, 0.15) is 53.9 Å². The lowest BCUT2D eigenvalue weighted by atomic mass is 9.45. The predicted molar refractivity (Wildman–Crippen MR) is 123 cm³/mol. The summed E-state index contributed by atoms with van der Waals surface area (Å²) >= 11 is 7.37. The van der Waals surface area contributed by atoms with Crippen LogP contribution in [-0.2, 0) is 28.6 Å². The Labute approximate surface area is 209 Å². The maximum atomic E-state index is 15.7. The molecule has 7 nitrogen and oxygen atoms in total. The first-order chi connectivity index (χ1) is 16.1. The van der Waals surface area contributed by atoms with Gasteiger partial charge in [0.05, 0.1) is 17.1 Å². The zero-order valence-electron chi connectivity index (χ0n) is 20.6. The average molecular weight is 511 g/mol. The van der Waals surface area contributed by atoms with E-state index in [0.29, 0.717) is 6.42 Å². The van der Waals surface area contributed by atoms with Crippen LogP contribution in [0.3, 0.4) is 0 Å². The number of hydrogen-bond donors (Lipinski definition) is 1. The van der Waals surface area contributed by atoms with Gasteiger partial charge in [0.2, 0.25) is 5.78 Å². The van der Waals surface area contributed by atoms with Gasteiger partial charge in [-0.15, -0.1) is 11.6 Å². The lowest BCUT2D eigenvalue weighted by molar-refractivity contribution is -0.224. The van der Waals surface area contributed by atoms with Gasteiger partial charge in [0.25, 0.3) is 0 Å². The number of aliphatic hydroxyl groups is 1. The van der Waals surface area contributed by atoms with Gasteiger partial charge in [0.15, 0.2) is 23.8 Å². The molecule has 192 valence electrons. The fourth-order valence-corrected chi connectivity index (χ4v) is 8.57. The number of Topliss-reactive ketones (excluding diaryl/α,β-unsaturated/α-hetero) is 1. The van der Waals surface area contributed by atoms with Crippen molar-refractivity contribution in [3.05, 3.63) is 23.8 Å². The smallest absolute Gasteiger partial charge is 0.303 e. The summed E-state index contributed by atoms with van der Waals surface area (Å²) in [6, 6.07) is 0. The topological polar surface area (TPSA) is 99.1 Å². The molecule has 5 aliphatic rings. The van der Waals surface area contributed by atoms with Crippen LogP contribution in [0.25, 0.3) is 0 Å². The molecule has 0 aromatic heterocycles. The lowest BCUT2D eigenvalue weighted by Crippen LogP contribution is -2.70. The first-order valence-corrected chi connectivity index (χ1v) is 12.5. The Morgan fingerprint density at radius 3 is 2.57 bits per heavy atom. The molecule has 1 aliphatic heterocycles. The maximum Gasteiger partial charge on any atom is 0.303 e. The summed E-state index contributed by atoms with van der Waals surface area (Å²) in [4.78, 5) is 36.0. The minimum Gasteiger partial charge on any atom is -0.458 e. The number of fused-ring (bicyclic) bond motifs is 7. The number of ketones is 2. The van der Waals surface area contributed by atoms with Crippen LogP contribution in [0.2, 0.25) is 0 Å². The molecule has 0 bridgehead atoms. The monoisotopic (exact) mass is 510 g/mol. The average Bonchev–Trinajstić information content (AvgIpc) is 3.16. The zero-order chi connectivity index (χ0) is 25.8. The van der Waals surface area contributed by atoms with Gasteiger partial charge in [-0.1, -0.05) is 19.9 Å². The third kappa shape index (κ3) is 3.03. The van der Waals surface area contributed by atoms with Gasteiger partial charge in [-0.3, -0.25) is 14.4 Å². The van der Waals surface area contributed by atoms with Crippen LogP contribution in [-0.4, -0.2) is 63.9 Å². The van der Waals surface area contributed by atoms with Crippen LogP contribution in [0.5, 0.6) is 0 Å². The number of alkyl halides is 2. The zero-order valence-corrected chi connectivity index (χ0v) is 21.4. The number of esters is 1. The van der Waals surface area contributed by atoms with Gasteiger partial charge in [0.1, 0.15) is 6.17 Å². The highest BCUT2D eigenvalue weighted by atomic mass is 35.5. The van der Waals surface area contributed by atoms with E-state index in [4.69, 9.17) is 25.8 Å². The van der Waals surface area contributed by atoms with E-state index < -0.39 is 69.7 Å². The molecule has 0 radical (unpaired) electrons. The molecule has 4 fully saturated rings. The van der Waals surface area contributed by atoms with Gasteiger partial charge >= 0.3 is 5.97 Å². The van der Waals surface area contributed by atoms with Crippen molar-refractivity contribution in [1.82, 2.24) is 0 Å². The first-order valence-electron chi connectivity index (χ1n) is 12.1. The summed E-state index contributed by atoms with van der Waals surface area (Å²) in [7, 11) is 0. The highest BCUT2D eigenvalue weighted by Crippen LogP contribution is 2.73. The summed E-state index contributed by atoms with van der Waals surface area (Å²) < 4.78 is 33.3. The van der Waals surface area contributed by atoms with Crippen molar-refractivity contribution < 1.29 is 38.1 Å². The second kappa shape index (κ2) is 7.46. The molecule has 35 heavy (non-hydrogen) atoms. The molecule has 5 rings (SSSR count). The number of carbonyl (C=O) groups excluding carboxylic acids is 3. The normalized spacial score (nSPS) is 49.4. The molecule has 4 aliphatic carbocycles. The number of allylic oxidation sites excluding steroid dienone is 4. The van der Waals surface area contributed by atoms with Gasteiger partial charge in [-0.05, 0) is 62.7 Å². The largest absolute Gasteiger partial charge is 0.458 e. The third-order valence-electron chi connectivity index (χ3n) is 9.44. The van der Waals surface area contributed by atoms with Gasteiger partial charge in [-0.2, -0.15) is 0 Å². The van der Waals surface area contributed by atoms with Crippen molar-refractivity contribution in [3.8, 4) is 0 Å². The molecular formula is C26H32ClFO7. The van der Waals surface area contributed by atoms with E-state index in [2.05, 4.69) is 0 Å². The van der Waals surface area contributed by atoms with Crippen molar-refractivity contribution in [2.24, 2.45) is 22.7 Å². The minimum atomic E-state index is -1.49. The van der Waals surface area contributed by atoms with Gasteiger partial charge < -0.3 is 19.3 Å². The maximum absolute atomic E-state index is 15.7. The summed E-state index contributed by atoms with van der Waals surface area (Å²) in [6.45, 7) is 7.82. The molecule has 0 amide bonds. The van der Waals surface area contributed by atoms with E-state index in [0.717, 1.165) is 0 Å². The first kappa shape index (κ1) is 25.1. The molecule has 1 saturated heterocycles. The highest BCUT2D eigenvalue weighted by Gasteiger charge is 2.80. The van der Waals surface area contributed by atoms with Crippen molar-refractivity contribution in [1.29, 1.82) is 0 Å². The predicted octanol–water partition coefficient (Wildman–Crippen LogP) is 3.21. The molecule has 3 saturated carbocycles. The molecule has 1 N–H and O–H groups in total. The third-order valence-corrected chi connectivity index (χ3v) is 10.4. The second-order valence-corrected chi connectivity index (χ2v) is 12.3. The van der Waals surface area contributed by atoms with Crippen LogP contribution >= 0.6 is 11.6 Å². The standard InChI is InChI=1S/C26H32ClFO7/c1-13(29)33-12-20(32)26-21(34-22(2,3)35-26)10-15-16-9-18(28)17-8-14(30)6-7-23(17,4)25(16,27)19(31)11-24(15,26)5/h6-8,15-16,18-19,21,31H,9-12H2,1-5H3/t15-,16-,18-,19-,21+,23-,24-,25-,26+/m0/s1. The van der Waals surface area contributed by atoms with E-state index in [1.807, 2.05) is 6.92 Å².